The SMILES string of the molecule is CCOc1ccccc1C(=O)NCC(c1ccsc1)N1CCCCCC1. The second kappa shape index (κ2) is 9.74. The number of para-hydroxylation sites is 1. The first kappa shape index (κ1) is 18.9. The third-order valence-corrected chi connectivity index (χ3v) is 5.60. The Morgan fingerprint density at radius 1 is 1.19 bits per heavy atom. The second-order valence-corrected chi connectivity index (χ2v) is 7.44. The zero-order valence-electron chi connectivity index (χ0n) is 15.4. The van der Waals surface area contributed by atoms with Gasteiger partial charge in [-0.05, 0) is 67.4 Å². The normalized spacial score (nSPS) is 16.7. The summed E-state index contributed by atoms with van der Waals surface area (Å²) in [6.07, 6.45) is 5.09. The highest BCUT2D eigenvalue weighted by atomic mass is 32.1. The van der Waals surface area contributed by atoms with Crippen LogP contribution in [0, 0.1) is 0 Å². The Labute approximate surface area is 160 Å². The fraction of sp³-hybridized carbons (Fsp3) is 0.476. The van der Waals surface area contributed by atoms with Crippen LogP contribution in [0.1, 0.15) is 54.6 Å². The highest BCUT2D eigenvalue weighted by molar-refractivity contribution is 7.07. The smallest absolute Gasteiger partial charge is 0.255 e. The summed E-state index contributed by atoms with van der Waals surface area (Å²) in [4.78, 5) is 15.3. The second-order valence-electron chi connectivity index (χ2n) is 6.66. The molecule has 1 fully saturated rings. The van der Waals surface area contributed by atoms with Crippen LogP contribution in [0.5, 0.6) is 5.75 Å². The fourth-order valence-electron chi connectivity index (χ4n) is 3.55. The van der Waals surface area contributed by atoms with E-state index >= 15 is 0 Å². The number of ether oxygens (including phenoxy) is 1. The van der Waals surface area contributed by atoms with Gasteiger partial charge >= 0.3 is 0 Å². The molecule has 1 atom stereocenters. The molecule has 2 aromatic rings. The van der Waals surface area contributed by atoms with Crippen LogP contribution in [-0.4, -0.2) is 37.0 Å². The van der Waals surface area contributed by atoms with Crippen molar-refractivity contribution in [3.63, 3.8) is 0 Å². The molecule has 1 N–H and O–H groups in total. The zero-order valence-corrected chi connectivity index (χ0v) is 16.3. The number of benzene rings is 1. The van der Waals surface area contributed by atoms with E-state index < -0.39 is 0 Å². The van der Waals surface area contributed by atoms with E-state index in [0.717, 1.165) is 13.1 Å². The van der Waals surface area contributed by atoms with E-state index in [1.165, 1.54) is 31.2 Å². The molecule has 5 heteroatoms. The number of carbonyl (C=O) groups excluding carboxylic acids is 1. The number of carbonyl (C=O) groups is 1. The summed E-state index contributed by atoms with van der Waals surface area (Å²) in [5.41, 5.74) is 1.91. The highest BCUT2D eigenvalue weighted by Gasteiger charge is 2.23. The van der Waals surface area contributed by atoms with Gasteiger partial charge in [0.05, 0.1) is 18.2 Å². The summed E-state index contributed by atoms with van der Waals surface area (Å²) >= 11 is 1.72. The number of amides is 1. The molecule has 1 saturated heterocycles. The molecule has 0 spiro atoms. The number of nitrogens with zero attached hydrogens (tertiary/aromatic N) is 1. The first-order chi connectivity index (χ1) is 12.8. The Balaban J connectivity index is 1.70. The van der Waals surface area contributed by atoms with Gasteiger partial charge in [-0.25, -0.2) is 0 Å². The standard InChI is InChI=1S/C21H28N2O2S/c1-2-25-20-10-6-5-9-18(20)21(24)22-15-19(17-11-14-26-16-17)23-12-7-3-4-8-13-23/h5-6,9-11,14,16,19H,2-4,7-8,12-13,15H2,1H3,(H,22,24). The highest BCUT2D eigenvalue weighted by Crippen LogP contribution is 2.26. The maximum Gasteiger partial charge on any atom is 0.255 e. The monoisotopic (exact) mass is 372 g/mol. The molecule has 4 nitrogen and oxygen atoms in total. The molecule has 1 aliphatic heterocycles. The largest absolute Gasteiger partial charge is 0.493 e. The lowest BCUT2D eigenvalue weighted by atomic mass is 10.1. The van der Waals surface area contributed by atoms with Crippen molar-refractivity contribution in [3.05, 3.63) is 52.2 Å². The topological polar surface area (TPSA) is 41.6 Å². The summed E-state index contributed by atoms with van der Waals surface area (Å²) in [7, 11) is 0. The summed E-state index contributed by atoms with van der Waals surface area (Å²) in [6.45, 7) is 5.31. The lowest BCUT2D eigenvalue weighted by Gasteiger charge is -2.30. The number of hydrogen-bond acceptors (Lipinski definition) is 4. The summed E-state index contributed by atoms with van der Waals surface area (Å²) < 4.78 is 5.60. The van der Waals surface area contributed by atoms with E-state index in [2.05, 4.69) is 27.0 Å². The third-order valence-electron chi connectivity index (χ3n) is 4.90. The number of nitrogens with one attached hydrogen (secondary N) is 1. The average molecular weight is 373 g/mol. The molecule has 0 saturated carbocycles. The van der Waals surface area contributed by atoms with Crippen molar-refractivity contribution < 1.29 is 9.53 Å². The quantitative estimate of drug-likeness (QED) is 0.778. The molecule has 1 aromatic heterocycles. The lowest BCUT2D eigenvalue weighted by molar-refractivity contribution is 0.0929. The van der Waals surface area contributed by atoms with Crippen LogP contribution in [0.3, 0.4) is 0 Å². The van der Waals surface area contributed by atoms with Gasteiger partial charge in [0, 0.05) is 6.54 Å². The van der Waals surface area contributed by atoms with E-state index in [-0.39, 0.29) is 11.9 Å². The minimum Gasteiger partial charge on any atom is -0.493 e. The van der Waals surface area contributed by atoms with E-state index in [4.69, 9.17) is 4.74 Å². The Bertz CT molecular complexity index is 679. The van der Waals surface area contributed by atoms with Crippen molar-refractivity contribution in [2.75, 3.05) is 26.2 Å². The van der Waals surface area contributed by atoms with Crippen molar-refractivity contribution in [1.82, 2.24) is 10.2 Å². The number of hydrogen-bond donors (Lipinski definition) is 1. The minimum atomic E-state index is -0.0656. The molecule has 0 radical (unpaired) electrons. The van der Waals surface area contributed by atoms with Gasteiger partial charge in [-0.15, -0.1) is 0 Å². The first-order valence-corrected chi connectivity index (χ1v) is 10.5. The predicted molar refractivity (Wildman–Crippen MR) is 107 cm³/mol. The van der Waals surface area contributed by atoms with Gasteiger partial charge in [0.2, 0.25) is 0 Å². The van der Waals surface area contributed by atoms with Gasteiger partial charge in [0.25, 0.3) is 5.91 Å². The summed E-state index contributed by atoms with van der Waals surface area (Å²) in [5, 5.41) is 7.47. The Morgan fingerprint density at radius 3 is 2.65 bits per heavy atom. The fourth-order valence-corrected chi connectivity index (χ4v) is 4.26. The van der Waals surface area contributed by atoms with Crippen LogP contribution >= 0.6 is 11.3 Å². The predicted octanol–water partition coefficient (Wildman–Crippen LogP) is 4.49. The minimum absolute atomic E-state index is 0.0656. The third kappa shape index (κ3) is 4.86. The number of likely N-dealkylation sites (tertiary alicyclic amines) is 1. The van der Waals surface area contributed by atoms with Crippen LogP contribution in [-0.2, 0) is 0 Å². The van der Waals surface area contributed by atoms with Crippen LogP contribution < -0.4 is 10.1 Å². The van der Waals surface area contributed by atoms with Gasteiger partial charge in [0.15, 0.2) is 0 Å². The van der Waals surface area contributed by atoms with Crippen LogP contribution in [0.4, 0.5) is 0 Å². The maximum absolute atomic E-state index is 12.8. The molecule has 3 rings (SSSR count). The lowest BCUT2D eigenvalue weighted by Crippen LogP contribution is -2.38. The molecule has 26 heavy (non-hydrogen) atoms. The Hall–Kier alpha value is -1.85. The maximum atomic E-state index is 12.8. The van der Waals surface area contributed by atoms with Crippen LogP contribution in [0.25, 0.3) is 0 Å². The van der Waals surface area contributed by atoms with E-state index in [0.29, 0.717) is 24.5 Å². The average Bonchev–Trinajstić information content (AvgIpc) is 3.05. The molecular weight excluding hydrogens is 344 g/mol. The van der Waals surface area contributed by atoms with Crippen molar-refractivity contribution in [2.24, 2.45) is 0 Å². The molecule has 1 aliphatic rings. The van der Waals surface area contributed by atoms with Gasteiger partial charge in [-0.3, -0.25) is 9.69 Å². The van der Waals surface area contributed by atoms with Crippen molar-refractivity contribution in [1.29, 1.82) is 0 Å². The molecule has 0 aliphatic carbocycles. The van der Waals surface area contributed by atoms with Crippen molar-refractivity contribution in [3.8, 4) is 5.75 Å². The molecule has 0 bridgehead atoms. The van der Waals surface area contributed by atoms with Crippen LogP contribution in [0.2, 0.25) is 0 Å². The van der Waals surface area contributed by atoms with E-state index in [9.17, 15) is 4.79 Å². The number of rotatable bonds is 7. The van der Waals surface area contributed by atoms with Crippen molar-refractivity contribution >= 4 is 17.2 Å². The summed E-state index contributed by atoms with van der Waals surface area (Å²) in [5.74, 6) is 0.582. The van der Waals surface area contributed by atoms with Crippen molar-refractivity contribution in [2.45, 2.75) is 38.6 Å². The zero-order chi connectivity index (χ0) is 18.2. The first-order valence-electron chi connectivity index (χ1n) is 9.55. The molecular formula is C21H28N2O2S. The number of thiophene rings is 1. The van der Waals surface area contributed by atoms with Crippen LogP contribution in [0.15, 0.2) is 41.1 Å². The Kier molecular flexibility index (Phi) is 7.09. The molecule has 1 aromatic carbocycles. The molecule has 1 unspecified atom stereocenters. The van der Waals surface area contributed by atoms with E-state index in [1.807, 2.05) is 31.2 Å². The molecule has 140 valence electrons. The van der Waals surface area contributed by atoms with Gasteiger partial charge < -0.3 is 10.1 Å². The summed E-state index contributed by atoms with van der Waals surface area (Å²) in [6, 6.07) is 9.87. The molecule has 2 heterocycles. The van der Waals surface area contributed by atoms with Gasteiger partial charge in [-0.1, -0.05) is 25.0 Å². The van der Waals surface area contributed by atoms with Gasteiger partial charge in [0.1, 0.15) is 5.75 Å². The molecule has 1 amide bonds. The Morgan fingerprint density at radius 2 is 1.96 bits per heavy atom. The van der Waals surface area contributed by atoms with E-state index in [1.54, 1.807) is 11.3 Å². The van der Waals surface area contributed by atoms with Gasteiger partial charge in [-0.2, -0.15) is 11.3 Å².